The summed E-state index contributed by atoms with van der Waals surface area (Å²) in [7, 11) is 1.45. The monoisotopic (exact) mass is 268 g/mol. The fraction of sp³-hybridized carbons (Fsp3) is 0.417. The van der Waals surface area contributed by atoms with Crippen LogP contribution in [0.3, 0.4) is 0 Å². The Labute approximate surface area is 110 Å². The Morgan fingerprint density at radius 3 is 2.79 bits per heavy atom. The third-order valence-electron chi connectivity index (χ3n) is 2.51. The molecule has 0 saturated carbocycles. The highest BCUT2D eigenvalue weighted by Gasteiger charge is 2.14. The molecule has 1 unspecified atom stereocenters. The summed E-state index contributed by atoms with van der Waals surface area (Å²) in [6, 6.07) is 4.11. The molecule has 0 aliphatic heterocycles. The first-order valence-electron chi connectivity index (χ1n) is 5.66. The molecule has 0 heterocycles. The van der Waals surface area contributed by atoms with Crippen LogP contribution in [0.2, 0.25) is 0 Å². The van der Waals surface area contributed by atoms with Gasteiger partial charge in [0, 0.05) is 30.8 Å². The zero-order chi connectivity index (χ0) is 14.4. The predicted octanol–water partition coefficient (Wildman–Crippen LogP) is 0.640. The van der Waals surface area contributed by atoms with Crippen molar-refractivity contribution in [2.45, 2.75) is 13.0 Å². The van der Waals surface area contributed by atoms with Crippen LogP contribution in [0, 0.1) is 17.0 Å². The van der Waals surface area contributed by atoms with Crippen molar-refractivity contribution in [1.29, 1.82) is 0 Å². The third-order valence-corrected chi connectivity index (χ3v) is 2.51. The molecule has 1 aromatic rings. The van der Waals surface area contributed by atoms with Gasteiger partial charge in [-0.15, -0.1) is 0 Å². The van der Waals surface area contributed by atoms with Crippen molar-refractivity contribution < 1.29 is 19.6 Å². The molecule has 0 aliphatic rings. The van der Waals surface area contributed by atoms with E-state index in [1.165, 1.54) is 25.3 Å². The van der Waals surface area contributed by atoms with Crippen molar-refractivity contribution in [2.24, 2.45) is 0 Å². The SMILES string of the molecule is COCC(O)CNC(=O)c1ccc([N+](=O)[O-])c(C)c1. The van der Waals surface area contributed by atoms with Crippen LogP contribution < -0.4 is 5.32 Å². The number of ether oxygens (including phenoxy) is 1. The Balaban J connectivity index is 2.68. The minimum absolute atomic E-state index is 0.0315. The van der Waals surface area contributed by atoms with E-state index in [9.17, 15) is 20.0 Å². The number of nitro benzene ring substituents is 1. The van der Waals surface area contributed by atoms with E-state index in [0.29, 0.717) is 11.1 Å². The summed E-state index contributed by atoms with van der Waals surface area (Å²) in [5.74, 6) is -0.395. The van der Waals surface area contributed by atoms with Gasteiger partial charge in [-0.05, 0) is 19.1 Å². The Bertz CT molecular complexity index is 475. The lowest BCUT2D eigenvalue weighted by Crippen LogP contribution is -2.34. The summed E-state index contributed by atoms with van der Waals surface area (Å²) in [6.45, 7) is 1.75. The van der Waals surface area contributed by atoms with Gasteiger partial charge in [0.25, 0.3) is 11.6 Å². The standard InChI is InChI=1S/C12H16N2O5/c1-8-5-9(3-4-11(8)14(17)18)12(16)13-6-10(15)7-19-2/h3-5,10,15H,6-7H2,1-2H3,(H,13,16). The van der Waals surface area contributed by atoms with Crippen LogP contribution >= 0.6 is 0 Å². The zero-order valence-corrected chi connectivity index (χ0v) is 10.8. The number of methoxy groups -OCH3 is 1. The van der Waals surface area contributed by atoms with Crippen LogP contribution in [0.5, 0.6) is 0 Å². The molecule has 1 aromatic carbocycles. The summed E-state index contributed by atoms with van der Waals surface area (Å²) in [5, 5.41) is 22.6. The maximum Gasteiger partial charge on any atom is 0.272 e. The summed E-state index contributed by atoms with van der Waals surface area (Å²) >= 11 is 0. The molecule has 0 aromatic heterocycles. The molecule has 0 aliphatic carbocycles. The van der Waals surface area contributed by atoms with E-state index in [1.54, 1.807) is 6.92 Å². The molecule has 1 rings (SSSR count). The number of nitro groups is 1. The van der Waals surface area contributed by atoms with Gasteiger partial charge in [-0.3, -0.25) is 14.9 Å². The van der Waals surface area contributed by atoms with Gasteiger partial charge in [0.05, 0.1) is 17.6 Å². The lowest BCUT2D eigenvalue weighted by molar-refractivity contribution is -0.385. The van der Waals surface area contributed by atoms with E-state index >= 15 is 0 Å². The van der Waals surface area contributed by atoms with E-state index in [0.717, 1.165) is 0 Å². The van der Waals surface area contributed by atoms with Crippen LogP contribution in [0.1, 0.15) is 15.9 Å². The van der Waals surface area contributed by atoms with Crippen LogP contribution in [0.25, 0.3) is 0 Å². The average molecular weight is 268 g/mol. The number of amides is 1. The predicted molar refractivity (Wildman–Crippen MR) is 68.0 cm³/mol. The molecule has 0 radical (unpaired) electrons. The van der Waals surface area contributed by atoms with Crippen molar-refractivity contribution in [2.75, 3.05) is 20.3 Å². The minimum atomic E-state index is -0.784. The quantitative estimate of drug-likeness (QED) is 0.582. The van der Waals surface area contributed by atoms with Gasteiger partial charge in [-0.2, -0.15) is 0 Å². The molecule has 0 saturated heterocycles. The van der Waals surface area contributed by atoms with Gasteiger partial charge in [-0.25, -0.2) is 0 Å². The van der Waals surface area contributed by atoms with Gasteiger partial charge < -0.3 is 15.2 Å². The van der Waals surface area contributed by atoms with Gasteiger partial charge in [-0.1, -0.05) is 0 Å². The van der Waals surface area contributed by atoms with Crippen LogP contribution in [-0.2, 0) is 4.74 Å². The van der Waals surface area contributed by atoms with E-state index in [1.807, 2.05) is 0 Å². The number of nitrogens with one attached hydrogen (secondary N) is 1. The highest BCUT2D eigenvalue weighted by Crippen LogP contribution is 2.18. The number of carbonyl (C=O) groups is 1. The van der Waals surface area contributed by atoms with Gasteiger partial charge in [0.15, 0.2) is 0 Å². The molecule has 104 valence electrons. The molecule has 1 atom stereocenters. The Hall–Kier alpha value is -1.99. The van der Waals surface area contributed by atoms with Gasteiger partial charge >= 0.3 is 0 Å². The summed E-state index contributed by atoms with van der Waals surface area (Å²) in [5.41, 5.74) is 0.693. The molecule has 1 amide bonds. The zero-order valence-electron chi connectivity index (χ0n) is 10.8. The number of carbonyl (C=O) groups excluding carboxylic acids is 1. The maximum atomic E-state index is 11.8. The fourth-order valence-corrected chi connectivity index (χ4v) is 1.57. The molecular formula is C12H16N2O5. The Morgan fingerprint density at radius 1 is 1.58 bits per heavy atom. The van der Waals surface area contributed by atoms with Crippen LogP contribution in [0.4, 0.5) is 5.69 Å². The van der Waals surface area contributed by atoms with Gasteiger partial charge in [0.2, 0.25) is 0 Å². The second-order valence-corrected chi connectivity index (χ2v) is 4.08. The molecule has 19 heavy (non-hydrogen) atoms. The second kappa shape index (κ2) is 6.81. The normalized spacial score (nSPS) is 11.9. The highest BCUT2D eigenvalue weighted by atomic mass is 16.6. The average Bonchev–Trinajstić information content (AvgIpc) is 2.35. The second-order valence-electron chi connectivity index (χ2n) is 4.08. The highest BCUT2D eigenvalue weighted by molar-refractivity contribution is 5.94. The molecule has 0 fully saturated rings. The summed E-state index contributed by atoms with van der Waals surface area (Å²) in [4.78, 5) is 21.9. The fourth-order valence-electron chi connectivity index (χ4n) is 1.57. The topological polar surface area (TPSA) is 102 Å². The van der Waals surface area contributed by atoms with Gasteiger partial charge in [0.1, 0.15) is 0 Å². The number of aliphatic hydroxyl groups excluding tert-OH is 1. The largest absolute Gasteiger partial charge is 0.389 e. The van der Waals surface area contributed by atoms with E-state index in [4.69, 9.17) is 4.74 Å². The Morgan fingerprint density at radius 2 is 2.26 bits per heavy atom. The number of nitrogens with zero attached hydrogens (tertiary/aromatic N) is 1. The minimum Gasteiger partial charge on any atom is -0.389 e. The lowest BCUT2D eigenvalue weighted by Gasteiger charge is -2.11. The first kappa shape index (κ1) is 15.1. The van der Waals surface area contributed by atoms with Crippen molar-refractivity contribution in [3.8, 4) is 0 Å². The molecule has 2 N–H and O–H groups in total. The number of aryl methyl sites for hydroxylation is 1. The first-order valence-corrected chi connectivity index (χ1v) is 5.66. The summed E-state index contributed by atoms with van der Waals surface area (Å²) < 4.78 is 4.73. The van der Waals surface area contributed by atoms with Crippen molar-refractivity contribution in [3.63, 3.8) is 0 Å². The smallest absolute Gasteiger partial charge is 0.272 e. The Kier molecular flexibility index (Phi) is 5.40. The maximum absolute atomic E-state index is 11.8. The van der Waals surface area contributed by atoms with Crippen LogP contribution in [-0.4, -0.2) is 42.3 Å². The number of hydrogen-bond acceptors (Lipinski definition) is 5. The van der Waals surface area contributed by atoms with Crippen LogP contribution in [0.15, 0.2) is 18.2 Å². The molecule has 0 spiro atoms. The lowest BCUT2D eigenvalue weighted by atomic mass is 10.1. The van der Waals surface area contributed by atoms with Crippen molar-refractivity contribution in [1.82, 2.24) is 5.32 Å². The van der Waals surface area contributed by atoms with Crippen molar-refractivity contribution >= 4 is 11.6 Å². The molecule has 7 heteroatoms. The molecule has 7 nitrogen and oxygen atoms in total. The number of rotatable bonds is 6. The molecule has 0 bridgehead atoms. The van der Waals surface area contributed by atoms with Crippen molar-refractivity contribution in [3.05, 3.63) is 39.4 Å². The van der Waals surface area contributed by atoms with E-state index in [-0.39, 0.29) is 18.8 Å². The van der Waals surface area contributed by atoms with E-state index in [2.05, 4.69) is 5.32 Å². The summed E-state index contributed by atoms with van der Waals surface area (Å²) in [6.07, 6.45) is -0.784. The first-order chi connectivity index (χ1) is 8.95. The van der Waals surface area contributed by atoms with E-state index < -0.39 is 16.9 Å². The third kappa shape index (κ3) is 4.31. The number of benzene rings is 1. The number of aliphatic hydroxyl groups is 1. The molecular weight excluding hydrogens is 252 g/mol. The number of hydrogen-bond donors (Lipinski definition) is 2.